The van der Waals surface area contributed by atoms with Crippen molar-refractivity contribution in [3.8, 4) is 5.75 Å². The summed E-state index contributed by atoms with van der Waals surface area (Å²) in [5.74, 6) is 0.178. The number of halogens is 1. The summed E-state index contributed by atoms with van der Waals surface area (Å²) in [5.41, 5.74) is 2.47. The van der Waals surface area contributed by atoms with Gasteiger partial charge in [-0.2, -0.15) is 0 Å². The summed E-state index contributed by atoms with van der Waals surface area (Å²) in [6.45, 7) is 2.31. The minimum atomic E-state index is -0.282. The van der Waals surface area contributed by atoms with E-state index >= 15 is 0 Å². The van der Waals surface area contributed by atoms with Crippen molar-refractivity contribution in [2.75, 3.05) is 11.9 Å². The molecular weight excluding hydrogens is 288 g/mol. The number of rotatable bonds is 4. The highest BCUT2D eigenvalue weighted by Gasteiger charge is 2.05. The topological polar surface area (TPSA) is 61.4 Å². The lowest BCUT2D eigenvalue weighted by Gasteiger charge is -2.10. The average molecular weight is 305 g/mol. The normalized spacial score (nSPS) is 10.2. The number of carbonyl (C=O) groups is 1. The number of hydrogen-bond donors (Lipinski definition) is 3. The summed E-state index contributed by atoms with van der Waals surface area (Å²) in [4.78, 5) is 11.8. The van der Waals surface area contributed by atoms with Crippen LogP contribution in [-0.4, -0.2) is 17.7 Å². The third-order valence-corrected chi connectivity index (χ3v) is 3.46. The van der Waals surface area contributed by atoms with Gasteiger partial charge in [0.15, 0.2) is 0 Å². The van der Waals surface area contributed by atoms with Gasteiger partial charge in [-0.1, -0.05) is 29.8 Å². The van der Waals surface area contributed by atoms with Crippen LogP contribution in [0.4, 0.5) is 10.5 Å². The quantitative estimate of drug-likeness (QED) is 0.754. The third-order valence-electron chi connectivity index (χ3n) is 3.10. The van der Waals surface area contributed by atoms with Crippen molar-refractivity contribution in [2.45, 2.75) is 13.3 Å². The van der Waals surface area contributed by atoms with Crippen LogP contribution in [0.5, 0.6) is 5.75 Å². The van der Waals surface area contributed by atoms with E-state index in [1.54, 1.807) is 12.1 Å². The monoisotopic (exact) mass is 304 g/mol. The number of aryl methyl sites for hydroxylation is 1. The summed E-state index contributed by atoms with van der Waals surface area (Å²) >= 11 is 6.05. The lowest BCUT2D eigenvalue weighted by molar-refractivity contribution is 0.252. The number of phenolic OH excluding ortho intramolecular Hbond substituents is 1. The first-order valence-electron chi connectivity index (χ1n) is 6.64. The van der Waals surface area contributed by atoms with Gasteiger partial charge in [0.05, 0.1) is 0 Å². The van der Waals surface area contributed by atoms with Crippen LogP contribution in [0.3, 0.4) is 0 Å². The van der Waals surface area contributed by atoms with E-state index in [9.17, 15) is 9.90 Å². The van der Waals surface area contributed by atoms with Crippen LogP contribution in [0.25, 0.3) is 0 Å². The van der Waals surface area contributed by atoms with E-state index in [-0.39, 0.29) is 11.8 Å². The van der Waals surface area contributed by atoms with Crippen LogP contribution in [0.15, 0.2) is 42.5 Å². The second-order valence-electron chi connectivity index (χ2n) is 4.72. The minimum absolute atomic E-state index is 0.178. The van der Waals surface area contributed by atoms with Crippen LogP contribution in [-0.2, 0) is 6.42 Å². The van der Waals surface area contributed by atoms with Gasteiger partial charge < -0.3 is 15.7 Å². The molecule has 0 radical (unpaired) electrons. The maximum Gasteiger partial charge on any atom is 0.319 e. The molecule has 0 aliphatic heterocycles. The van der Waals surface area contributed by atoms with Gasteiger partial charge in [0.2, 0.25) is 0 Å². The fourth-order valence-corrected chi connectivity index (χ4v) is 2.20. The van der Waals surface area contributed by atoms with E-state index in [1.807, 2.05) is 31.2 Å². The number of urea groups is 1. The Kier molecular flexibility index (Phi) is 5.06. The number of amides is 2. The lowest BCUT2D eigenvalue weighted by atomic mass is 10.1. The summed E-state index contributed by atoms with van der Waals surface area (Å²) in [6.07, 6.45) is 0.668. The fourth-order valence-electron chi connectivity index (χ4n) is 1.97. The molecule has 110 valence electrons. The van der Waals surface area contributed by atoms with Crippen LogP contribution < -0.4 is 10.6 Å². The van der Waals surface area contributed by atoms with Gasteiger partial charge in [0, 0.05) is 17.3 Å². The minimum Gasteiger partial charge on any atom is -0.508 e. The van der Waals surface area contributed by atoms with Crippen molar-refractivity contribution >= 4 is 23.3 Å². The number of phenols is 1. The predicted molar refractivity (Wildman–Crippen MR) is 85.0 cm³/mol. The number of anilines is 1. The molecule has 0 aliphatic rings. The standard InChI is InChI=1S/C16H17ClN2O2/c1-11-10-13(20)6-7-15(11)19-16(21)18-9-8-12-4-2-3-5-14(12)17/h2-7,10,20H,8-9H2,1H3,(H2,18,19,21). The van der Waals surface area contributed by atoms with Gasteiger partial charge in [0.1, 0.15) is 5.75 Å². The van der Waals surface area contributed by atoms with Gasteiger partial charge >= 0.3 is 6.03 Å². The van der Waals surface area contributed by atoms with Crippen molar-refractivity contribution in [2.24, 2.45) is 0 Å². The number of carbonyl (C=O) groups excluding carboxylic acids is 1. The highest BCUT2D eigenvalue weighted by molar-refractivity contribution is 6.31. The molecule has 0 fully saturated rings. The van der Waals surface area contributed by atoms with Crippen LogP contribution >= 0.6 is 11.6 Å². The third kappa shape index (κ3) is 4.39. The second-order valence-corrected chi connectivity index (χ2v) is 5.13. The van der Waals surface area contributed by atoms with E-state index < -0.39 is 0 Å². The van der Waals surface area contributed by atoms with Crippen LogP contribution in [0.2, 0.25) is 5.02 Å². The molecule has 0 spiro atoms. The Morgan fingerprint density at radius 1 is 1.24 bits per heavy atom. The average Bonchev–Trinajstić information content (AvgIpc) is 2.44. The van der Waals surface area contributed by atoms with Crippen molar-refractivity contribution in [3.05, 3.63) is 58.6 Å². The summed E-state index contributed by atoms with van der Waals surface area (Å²) < 4.78 is 0. The molecule has 0 aromatic heterocycles. The molecule has 2 amide bonds. The molecule has 0 bridgehead atoms. The predicted octanol–water partition coefficient (Wildman–Crippen LogP) is 3.72. The number of nitrogens with one attached hydrogen (secondary N) is 2. The molecule has 0 heterocycles. The Bertz CT molecular complexity index is 644. The van der Waals surface area contributed by atoms with E-state index in [0.717, 1.165) is 11.1 Å². The molecule has 4 nitrogen and oxygen atoms in total. The van der Waals surface area contributed by atoms with Gasteiger partial charge in [-0.15, -0.1) is 0 Å². The largest absolute Gasteiger partial charge is 0.508 e. The molecule has 0 saturated carbocycles. The summed E-state index contributed by atoms with van der Waals surface area (Å²) in [5, 5.41) is 15.5. The van der Waals surface area contributed by atoms with Crippen LogP contribution in [0, 0.1) is 6.92 Å². The zero-order valence-electron chi connectivity index (χ0n) is 11.7. The van der Waals surface area contributed by atoms with E-state index in [1.165, 1.54) is 6.07 Å². The highest BCUT2D eigenvalue weighted by Crippen LogP contribution is 2.20. The van der Waals surface area contributed by atoms with Crippen molar-refractivity contribution in [1.82, 2.24) is 5.32 Å². The Morgan fingerprint density at radius 2 is 2.00 bits per heavy atom. The van der Waals surface area contributed by atoms with Gasteiger partial charge in [-0.3, -0.25) is 0 Å². The molecular formula is C16H17ClN2O2. The first kappa shape index (κ1) is 15.2. The second kappa shape index (κ2) is 6.99. The van der Waals surface area contributed by atoms with E-state index in [2.05, 4.69) is 10.6 Å². The van der Waals surface area contributed by atoms with E-state index in [0.29, 0.717) is 23.7 Å². The Balaban J connectivity index is 1.84. The summed E-state index contributed by atoms with van der Waals surface area (Å²) in [7, 11) is 0. The molecule has 0 aliphatic carbocycles. The zero-order chi connectivity index (χ0) is 15.2. The fraction of sp³-hybridized carbons (Fsp3) is 0.188. The number of aromatic hydroxyl groups is 1. The molecule has 2 aromatic carbocycles. The molecule has 0 atom stereocenters. The summed E-state index contributed by atoms with van der Waals surface area (Å²) in [6, 6.07) is 12.1. The Hall–Kier alpha value is -2.20. The Labute approximate surface area is 128 Å². The molecule has 3 N–H and O–H groups in total. The number of hydrogen-bond acceptors (Lipinski definition) is 2. The first-order chi connectivity index (χ1) is 10.1. The molecule has 21 heavy (non-hydrogen) atoms. The van der Waals surface area contributed by atoms with Crippen molar-refractivity contribution in [1.29, 1.82) is 0 Å². The maximum atomic E-state index is 11.8. The van der Waals surface area contributed by atoms with E-state index in [4.69, 9.17) is 11.6 Å². The molecule has 0 saturated heterocycles. The lowest BCUT2D eigenvalue weighted by Crippen LogP contribution is -2.30. The smallest absolute Gasteiger partial charge is 0.319 e. The molecule has 2 rings (SSSR count). The van der Waals surface area contributed by atoms with Gasteiger partial charge in [0.25, 0.3) is 0 Å². The molecule has 0 unspecified atom stereocenters. The van der Waals surface area contributed by atoms with Gasteiger partial charge in [-0.05, 0) is 48.7 Å². The van der Waals surface area contributed by atoms with Crippen molar-refractivity contribution in [3.63, 3.8) is 0 Å². The van der Waals surface area contributed by atoms with Crippen molar-refractivity contribution < 1.29 is 9.90 Å². The number of benzene rings is 2. The van der Waals surface area contributed by atoms with Gasteiger partial charge in [-0.25, -0.2) is 4.79 Å². The van der Waals surface area contributed by atoms with Crippen LogP contribution in [0.1, 0.15) is 11.1 Å². The Morgan fingerprint density at radius 3 is 2.71 bits per heavy atom. The SMILES string of the molecule is Cc1cc(O)ccc1NC(=O)NCCc1ccccc1Cl. The zero-order valence-corrected chi connectivity index (χ0v) is 12.4. The molecule has 2 aromatic rings. The molecule has 5 heteroatoms. The highest BCUT2D eigenvalue weighted by atomic mass is 35.5. The maximum absolute atomic E-state index is 11.8. The first-order valence-corrected chi connectivity index (χ1v) is 7.02.